The Bertz CT molecular complexity index is 1100. The SMILES string of the molecule is COC(=O)CN1C(=O)CSc2ccc(S(=O)(=O)N[C@H]3CCCc4ccccc43)cc21. The number of anilines is 1. The zero-order valence-corrected chi connectivity index (χ0v) is 18.1. The Morgan fingerprint density at radius 3 is 2.87 bits per heavy atom. The van der Waals surface area contributed by atoms with Gasteiger partial charge in [-0.15, -0.1) is 11.8 Å². The first kappa shape index (κ1) is 20.9. The van der Waals surface area contributed by atoms with E-state index in [0.717, 1.165) is 35.3 Å². The number of sulfonamides is 1. The molecule has 0 bridgehead atoms. The van der Waals surface area contributed by atoms with Crippen LogP contribution in [0.1, 0.15) is 30.0 Å². The number of hydrogen-bond acceptors (Lipinski definition) is 6. The van der Waals surface area contributed by atoms with E-state index in [-0.39, 0.29) is 29.1 Å². The standard InChI is InChI=1S/C21H22N2O5S2/c1-28-21(25)12-23-18-11-15(9-10-19(18)29-13-20(23)24)30(26,27)22-17-8-4-6-14-5-2-3-7-16(14)17/h2-3,5,7,9-11,17,22H,4,6,8,12-13H2,1H3/t17-/m0/s1. The molecule has 2 aromatic carbocycles. The van der Waals surface area contributed by atoms with Gasteiger partial charge in [0.05, 0.1) is 23.4 Å². The molecular formula is C21H22N2O5S2. The Balaban J connectivity index is 1.65. The van der Waals surface area contributed by atoms with Crippen LogP contribution < -0.4 is 9.62 Å². The first-order valence-electron chi connectivity index (χ1n) is 9.63. The van der Waals surface area contributed by atoms with Crippen LogP contribution in [0.3, 0.4) is 0 Å². The number of hydrogen-bond donors (Lipinski definition) is 1. The molecule has 30 heavy (non-hydrogen) atoms. The zero-order chi connectivity index (χ0) is 21.3. The number of carbonyl (C=O) groups is 2. The number of nitrogens with zero attached hydrogens (tertiary/aromatic N) is 1. The fraction of sp³-hybridized carbons (Fsp3) is 0.333. The highest BCUT2D eigenvalue weighted by Gasteiger charge is 2.30. The Labute approximate surface area is 179 Å². The second-order valence-electron chi connectivity index (χ2n) is 7.24. The Hall–Kier alpha value is -2.36. The summed E-state index contributed by atoms with van der Waals surface area (Å²) in [6, 6.07) is 12.2. The highest BCUT2D eigenvalue weighted by atomic mass is 32.2. The number of rotatable bonds is 5. The van der Waals surface area contributed by atoms with Crippen LogP contribution in [0.5, 0.6) is 0 Å². The average Bonchev–Trinajstić information content (AvgIpc) is 2.75. The van der Waals surface area contributed by atoms with Crippen LogP contribution in [-0.2, 0) is 30.8 Å². The summed E-state index contributed by atoms with van der Waals surface area (Å²) in [5, 5.41) is 0. The molecule has 0 saturated heterocycles. The van der Waals surface area contributed by atoms with Gasteiger partial charge in [0.25, 0.3) is 0 Å². The van der Waals surface area contributed by atoms with Crippen molar-refractivity contribution in [2.45, 2.75) is 35.1 Å². The summed E-state index contributed by atoms with van der Waals surface area (Å²) < 4.78 is 33.8. The van der Waals surface area contributed by atoms with Gasteiger partial charge in [-0.1, -0.05) is 24.3 Å². The van der Waals surface area contributed by atoms with E-state index in [1.54, 1.807) is 6.07 Å². The summed E-state index contributed by atoms with van der Waals surface area (Å²) >= 11 is 1.32. The fourth-order valence-electron chi connectivity index (χ4n) is 3.85. The molecule has 9 heteroatoms. The number of fused-ring (bicyclic) bond motifs is 2. The van der Waals surface area contributed by atoms with E-state index >= 15 is 0 Å². The van der Waals surface area contributed by atoms with Gasteiger partial charge in [-0.25, -0.2) is 13.1 Å². The number of ether oxygens (including phenoxy) is 1. The number of amides is 1. The fourth-order valence-corrected chi connectivity index (χ4v) is 6.03. The molecule has 1 atom stereocenters. The van der Waals surface area contributed by atoms with Crippen LogP contribution >= 0.6 is 11.8 Å². The van der Waals surface area contributed by atoms with Crippen LogP contribution in [0.15, 0.2) is 52.3 Å². The van der Waals surface area contributed by atoms with Gasteiger partial charge in [0, 0.05) is 10.9 Å². The molecule has 1 aliphatic carbocycles. The first-order valence-corrected chi connectivity index (χ1v) is 12.1. The van der Waals surface area contributed by atoms with Gasteiger partial charge >= 0.3 is 5.97 Å². The molecule has 0 fully saturated rings. The molecule has 0 spiro atoms. The van der Waals surface area contributed by atoms with Crippen molar-refractivity contribution < 1.29 is 22.7 Å². The lowest BCUT2D eigenvalue weighted by molar-refractivity contribution is -0.139. The van der Waals surface area contributed by atoms with Crippen molar-refractivity contribution in [2.75, 3.05) is 24.3 Å². The van der Waals surface area contributed by atoms with Crippen molar-refractivity contribution in [3.05, 3.63) is 53.6 Å². The van der Waals surface area contributed by atoms with Gasteiger partial charge in [0.1, 0.15) is 6.54 Å². The molecule has 1 amide bonds. The van der Waals surface area contributed by atoms with Crippen LogP contribution in [-0.4, -0.2) is 39.7 Å². The lowest BCUT2D eigenvalue weighted by Gasteiger charge is -2.29. The minimum absolute atomic E-state index is 0.0643. The maximum Gasteiger partial charge on any atom is 0.325 e. The Morgan fingerprint density at radius 1 is 1.27 bits per heavy atom. The normalized spacial score (nSPS) is 18.5. The number of methoxy groups -OCH3 is 1. The number of aryl methyl sites for hydroxylation is 1. The monoisotopic (exact) mass is 446 g/mol. The summed E-state index contributed by atoms with van der Waals surface area (Å²) in [5.41, 5.74) is 2.57. The van der Waals surface area contributed by atoms with Crippen LogP contribution in [0, 0.1) is 0 Å². The largest absolute Gasteiger partial charge is 0.468 e. The molecule has 0 aromatic heterocycles. The van der Waals surface area contributed by atoms with E-state index in [0.29, 0.717) is 5.69 Å². The van der Waals surface area contributed by atoms with Gasteiger partial charge in [0.2, 0.25) is 15.9 Å². The molecular weight excluding hydrogens is 424 g/mol. The van der Waals surface area contributed by atoms with E-state index in [1.165, 1.54) is 35.9 Å². The van der Waals surface area contributed by atoms with Crippen LogP contribution in [0.25, 0.3) is 0 Å². The number of benzene rings is 2. The molecule has 0 saturated carbocycles. The van der Waals surface area contributed by atoms with Crippen molar-refractivity contribution in [2.24, 2.45) is 0 Å². The molecule has 2 aromatic rings. The number of thioether (sulfide) groups is 1. The maximum atomic E-state index is 13.1. The second kappa shape index (κ2) is 8.41. The number of carbonyl (C=O) groups excluding carboxylic acids is 2. The molecule has 7 nitrogen and oxygen atoms in total. The lowest BCUT2D eigenvalue weighted by Crippen LogP contribution is -2.40. The molecule has 1 heterocycles. The molecule has 4 rings (SSSR count). The van der Waals surface area contributed by atoms with Crippen molar-refractivity contribution in [1.29, 1.82) is 0 Å². The topological polar surface area (TPSA) is 92.8 Å². The lowest BCUT2D eigenvalue weighted by atomic mass is 9.88. The van der Waals surface area contributed by atoms with Crippen molar-refractivity contribution in [3.63, 3.8) is 0 Å². The maximum absolute atomic E-state index is 13.1. The molecule has 2 aliphatic rings. The third-order valence-corrected chi connectivity index (χ3v) is 7.88. The quantitative estimate of drug-likeness (QED) is 0.710. The smallest absolute Gasteiger partial charge is 0.325 e. The summed E-state index contributed by atoms with van der Waals surface area (Å²) in [4.78, 5) is 26.2. The predicted molar refractivity (Wildman–Crippen MR) is 114 cm³/mol. The second-order valence-corrected chi connectivity index (χ2v) is 9.97. The van der Waals surface area contributed by atoms with Gasteiger partial charge in [0.15, 0.2) is 0 Å². The van der Waals surface area contributed by atoms with Crippen LogP contribution in [0.4, 0.5) is 5.69 Å². The highest BCUT2D eigenvalue weighted by molar-refractivity contribution is 8.00. The van der Waals surface area contributed by atoms with Gasteiger partial charge < -0.3 is 4.74 Å². The first-order chi connectivity index (χ1) is 14.4. The minimum Gasteiger partial charge on any atom is -0.468 e. The van der Waals surface area contributed by atoms with Crippen molar-refractivity contribution in [1.82, 2.24) is 4.72 Å². The summed E-state index contributed by atoms with van der Waals surface area (Å²) in [6.45, 7) is -0.254. The number of nitrogens with one attached hydrogen (secondary N) is 1. The van der Waals surface area contributed by atoms with Crippen LogP contribution in [0.2, 0.25) is 0 Å². The van der Waals surface area contributed by atoms with E-state index in [2.05, 4.69) is 9.46 Å². The predicted octanol–water partition coefficient (Wildman–Crippen LogP) is 2.65. The highest BCUT2D eigenvalue weighted by Crippen LogP contribution is 2.37. The third kappa shape index (κ3) is 4.10. The minimum atomic E-state index is -3.82. The van der Waals surface area contributed by atoms with Gasteiger partial charge in [-0.05, 0) is 48.6 Å². The van der Waals surface area contributed by atoms with Crippen molar-refractivity contribution in [3.8, 4) is 0 Å². The molecule has 1 N–H and O–H groups in total. The molecule has 1 aliphatic heterocycles. The zero-order valence-electron chi connectivity index (χ0n) is 16.5. The van der Waals surface area contributed by atoms with E-state index in [4.69, 9.17) is 0 Å². The Kier molecular flexibility index (Phi) is 5.86. The third-order valence-electron chi connectivity index (χ3n) is 5.37. The van der Waals surface area contributed by atoms with Gasteiger partial charge in [-0.2, -0.15) is 0 Å². The average molecular weight is 447 g/mol. The molecule has 0 radical (unpaired) electrons. The van der Waals surface area contributed by atoms with Crippen molar-refractivity contribution >= 4 is 39.3 Å². The van der Waals surface area contributed by atoms with E-state index < -0.39 is 16.0 Å². The number of esters is 1. The summed E-state index contributed by atoms with van der Waals surface area (Å²) in [6.07, 6.45) is 2.57. The van der Waals surface area contributed by atoms with E-state index in [1.807, 2.05) is 24.3 Å². The van der Waals surface area contributed by atoms with E-state index in [9.17, 15) is 18.0 Å². The summed E-state index contributed by atoms with van der Waals surface area (Å²) in [7, 11) is -2.58. The molecule has 158 valence electrons. The Morgan fingerprint density at radius 2 is 2.07 bits per heavy atom. The summed E-state index contributed by atoms with van der Waals surface area (Å²) in [5.74, 6) is -0.638. The molecule has 0 unspecified atom stereocenters. The van der Waals surface area contributed by atoms with Gasteiger partial charge in [-0.3, -0.25) is 14.5 Å².